The first-order chi connectivity index (χ1) is 29.3. The van der Waals surface area contributed by atoms with Crippen LogP contribution in [0, 0.1) is 27.7 Å². The van der Waals surface area contributed by atoms with E-state index >= 15 is 0 Å². The molecule has 4 aromatic heterocycles. The predicted octanol–water partition coefficient (Wildman–Crippen LogP) is 7.01. The SMILES string of the molecule is Cc1c(C(CCCC(c2c(C)n(C)n(-c3ccccc3)c2=O)c2c(C)n(C)n(-c3ccccc3)c2=O)c2c(C)n(-c3ccccc3)n(C)c2=O)c(=O)n(-c2ccccc2)n1C. The molecule has 0 saturated carbocycles. The van der Waals surface area contributed by atoms with E-state index in [1.54, 1.807) is 25.8 Å². The van der Waals surface area contributed by atoms with Crippen LogP contribution < -0.4 is 22.2 Å². The van der Waals surface area contributed by atoms with E-state index < -0.39 is 11.8 Å². The minimum Gasteiger partial charge on any atom is -0.285 e. The molecule has 0 aliphatic rings. The highest BCUT2D eigenvalue weighted by Crippen LogP contribution is 2.36. The zero-order chi connectivity index (χ0) is 43.3. The van der Waals surface area contributed by atoms with Crippen molar-refractivity contribution in [3.8, 4) is 22.7 Å². The predicted molar refractivity (Wildman–Crippen MR) is 241 cm³/mol. The highest BCUT2D eigenvalue weighted by atomic mass is 16.2. The van der Waals surface area contributed by atoms with Crippen molar-refractivity contribution in [2.45, 2.75) is 58.8 Å². The smallest absolute Gasteiger partial charge is 0.275 e. The third-order valence-electron chi connectivity index (χ3n) is 12.7. The van der Waals surface area contributed by atoms with Gasteiger partial charge in [-0.1, -0.05) is 79.2 Å². The van der Waals surface area contributed by atoms with Crippen LogP contribution in [0.4, 0.5) is 0 Å². The van der Waals surface area contributed by atoms with Gasteiger partial charge in [0.15, 0.2) is 0 Å². The number of nitrogens with zero attached hydrogens (tertiary/aromatic N) is 8. The van der Waals surface area contributed by atoms with Crippen molar-refractivity contribution in [1.82, 2.24) is 37.5 Å². The molecule has 4 heterocycles. The Morgan fingerprint density at radius 2 is 0.607 bits per heavy atom. The van der Waals surface area contributed by atoms with Gasteiger partial charge in [-0.05, 0) is 89.1 Å². The summed E-state index contributed by atoms with van der Waals surface area (Å²) in [5, 5.41) is 0. The quantitative estimate of drug-likeness (QED) is 0.132. The Labute approximate surface area is 353 Å². The molecule has 0 spiro atoms. The van der Waals surface area contributed by atoms with Crippen LogP contribution in [-0.2, 0) is 28.2 Å². The van der Waals surface area contributed by atoms with Crippen molar-refractivity contribution in [1.29, 1.82) is 0 Å². The average molecular weight is 817 g/mol. The van der Waals surface area contributed by atoms with Crippen molar-refractivity contribution in [3.63, 3.8) is 0 Å². The number of hydrogen-bond acceptors (Lipinski definition) is 4. The van der Waals surface area contributed by atoms with Gasteiger partial charge in [0.1, 0.15) is 0 Å². The number of para-hydroxylation sites is 4. The van der Waals surface area contributed by atoms with E-state index in [1.807, 2.05) is 189 Å². The number of aromatic nitrogens is 8. The second-order valence-electron chi connectivity index (χ2n) is 15.9. The summed E-state index contributed by atoms with van der Waals surface area (Å²) in [5.74, 6) is -1.22. The van der Waals surface area contributed by atoms with Gasteiger partial charge >= 0.3 is 0 Å². The fourth-order valence-electron chi connectivity index (χ4n) is 9.46. The monoisotopic (exact) mass is 816 g/mol. The van der Waals surface area contributed by atoms with E-state index in [-0.39, 0.29) is 22.2 Å². The molecule has 8 aromatic rings. The molecule has 12 nitrogen and oxygen atoms in total. The lowest BCUT2D eigenvalue weighted by Gasteiger charge is -2.19. The van der Waals surface area contributed by atoms with Crippen molar-refractivity contribution >= 4 is 0 Å². The van der Waals surface area contributed by atoms with Crippen LogP contribution >= 0.6 is 0 Å². The minimum absolute atomic E-state index is 0.189. The topological polar surface area (TPSA) is 108 Å². The van der Waals surface area contributed by atoms with Gasteiger partial charge in [-0.15, -0.1) is 0 Å². The Kier molecular flexibility index (Phi) is 10.8. The number of benzene rings is 4. The lowest BCUT2D eigenvalue weighted by molar-refractivity contribution is 0.578. The van der Waals surface area contributed by atoms with Crippen molar-refractivity contribution in [2.24, 2.45) is 28.2 Å². The van der Waals surface area contributed by atoms with E-state index in [2.05, 4.69) is 0 Å². The molecule has 312 valence electrons. The van der Waals surface area contributed by atoms with Gasteiger partial charge in [0.05, 0.1) is 22.7 Å². The average Bonchev–Trinajstić information content (AvgIpc) is 3.82. The highest BCUT2D eigenvalue weighted by molar-refractivity contribution is 5.44. The molecular weight excluding hydrogens is 765 g/mol. The van der Waals surface area contributed by atoms with Crippen LogP contribution in [0.3, 0.4) is 0 Å². The number of hydrogen-bond donors (Lipinski definition) is 0. The van der Waals surface area contributed by atoms with Crippen LogP contribution in [-0.4, -0.2) is 37.5 Å². The summed E-state index contributed by atoms with van der Waals surface area (Å²) in [7, 11) is 7.36. The molecular formula is C49H52N8O4. The molecule has 12 heteroatoms. The van der Waals surface area contributed by atoms with Crippen molar-refractivity contribution in [3.05, 3.63) is 208 Å². The second-order valence-corrected chi connectivity index (χ2v) is 15.9. The standard InChI is InChI=1S/C49H52N8O4/c1-32-42(47(59)55(50(32)5)37-24-15-10-16-25-37)40(43-33(2)51(6)56(48(43)60)38-26-17-11-18-27-38)30-21-31-41(44-34(3)52(7)57(49(44)61)39-28-19-12-20-29-39)45-35(4)54(53(8)46(45)58)36-22-13-9-14-23-36/h9-20,22-29,40-41H,21,30-31H2,1-8H3. The second kappa shape index (κ2) is 16.2. The normalized spacial score (nSPS) is 12.1. The summed E-state index contributed by atoms with van der Waals surface area (Å²) in [6.07, 6.45) is 1.28. The van der Waals surface area contributed by atoms with E-state index in [4.69, 9.17) is 0 Å². The van der Waals surface area contributed by atoms with Crippen LogP contribution in [0.15, 0.2) is 141 Å². The molecule has 0 N–H and O–H groups in total. The fourth-order valence-corrected chi connectivity index (χ4v) is 9.46. The van der Waals surface area contributed by atoms with E-state index in [1.165, 1.54) is 0 Å². The lowest BCUT2D eigenvalue weighted by Crippen LogP contribution is -2.26. The van der Waals surface area contributed by atoms with E-state index in [0.717, 1.165) is 45.5 Å². The number of rotatable bonds is 12. The van der Waals surface area contributed by atoms with Crippen LogP contribution in [0.2, 0.25) is 0 Å². The van der Waals surface area contributed by atoms with E-state index in [0.29, 0.717) is 41.5 Å². The van der Waals surface area contributed by atoms with Crippen molar-refractivity contribution in [2.75, 3.05) is 0 Å². The largest absolute Gasteiger partial charge is 0.285 e. The van der Waals surface area contributed by atoms with Gasteiger partial charge in [0.25, 0.3) is 22.2 Å². The van der Waals surface area contributed by atoms with Gasteiger partial charge in [0.2, 0.25) is 0 Å². The van der Waals surface area contributed by atoms with Gasteiger partial charge in [-0.3, -0.25) is 37.9 Å². The summed E-state index contributed by atoms with van der Waals surface area (Å²) in [4.78, 5) is 59.0. The third kappa shape index (κ3) is 6.72. The van der Waals surface area contributed by atoms with Crippen molar-refractivity contribution < 1.29 is 0 Å². The first kappa shape index (κ1) is 40.7. The van der Waals surface area contributed by atoms with Gasteiger partial charge in [-0.2, -0.15) is 0 Å². The van der Waals surface area contributed by atoms with Crippen LogP contribution in [0.1, 0.15) is 76.1 Å². The van der Waals surface area contributed by atoms with Crippen LogP contribution in [0.5, 0.6) is 0 Å². The minimum atomic E-state index is -0.608. The lowest BCUT2D eigenvalue weighted by atomic mass is 9.82. The maximum absolute atomic E-state index is 14.8. The Balaban J connectivity index is 1.30. The van der Waals surface area contributed by atoms with Gasteiger partial charge in [-0.25, -0.2) is 18.7 Å². The summed E-state index contributed by atoms with van der Waals surface area (Å²) >= 11 is 0. The van der Waals surface area contributed by atoms with Crippen LogP contribution in [0.25, 0.3) is 22.7 Å². The molecule has 0 aliphatic heterocycles. The zero-order valence-electron chi connectivity index (χ0n) is 36.0. The first-order valence-electron chi connectivity index (χ1n) is 20.7. The summed E-state index contributed by atoms with van der Waals surface area (Å²) in [6.45, 7) is 7.72. The summed E-state index contributed by atoms with van der Waals surface area (Å²) in [6, 6.07) is 38.2. The molecule has 0 aliphatic carbocycles. The highest BCUT2D eigenvalue weighted by Gasteiger charge is 2.34. The zero-order valence-corrected chi connectivity index (χ0v) is 36.0. The molecule has 4 aromatic carbocycles. The molecule has 1 unspecified atom stereocenters. The molecule has 0 fully saturated rings. The first-order valence-corrected chi connectivity index (χ1v) is 20.7. The molecule has 1 atom stereocenters. The third-order valence-corrected chi connectivity index (χ3v) is 12.7. The molecule has 0 bridgehead atoms. The molecule has 8 rings (SSSR count). The fraction of sp³-hybridized carbons (Fsp3) is 0.265. The summed E-state index contributed by atoms with van der Waals surface area (Å²) in [5.41, 5.74) is 7.36. The maximum Gasteiger partial charge on any atom is 0.275 e. The van der Waals surface area contributed by atoms with E-state index in [9.17, 15) is 19.2 Å². The van der Waals surface area contributed by atoms with Gasteiger partial charge in [0, 0.05) is 85.1 Å². The van der Waals surface area contributed by atoms with Gasteiger partial charge < -0.3 is 0 Å². The Morgan fingerprint density at radius 1 is 0.344 bits per heavy atom. The molecule has 61 heavy (non-hydrogen) atoms. The Hall–Kier alpha value is -7.08. The molecule has 0 amide bonds. The summed E-state index contributed by atoms with van der Waals surface area (Å²) < 4.78 is 14.1. The molecule has 0 saturated heterocycles. The molecule has 0 radical (unpaired) electrons. The Morgan fingerprint density at radius 3 is 0.902 bits per heavy atom. The maximum atomic E-state index is 14.8. The Bertz CT molecular complexity index is 2860.